The summed E-state index contributed by atoms with van der Waals surface area (Å²) in [6, 6.07) is 8.21. The van der Waals surface area contributed by atoms with E-state index in [1.807, 2.05) is 17.0 Å². The molecule has 108 valence electrons. The number of rotatable bonds is 4. The van der Waals surface area contributed by atoms with Gasteiger partial charge in [0.05, 0.1) is 7.11 Å². The van der Waals surface area contributed by atoms with Crippen LogP contribution in [0.2, 0.25) is 0 Å². The molecule has 1 saturated carbocycles. The average Bonchev–Trinajstić information content (AvgIpc) is 3.32. The molecule has 0 aromatic heterocycles. The molecule has 0 radical (unpaired) electrons. The first-order valence-electron chi connectivity index (χ1n) is 7.40. The molecule has 1 amide bonds. The zero-order valence-electron chi connectivity index (χ0n) is 12.0. The third-order valence-electron chi connectivity index (χ3n) is 4.15. The summed E-state index contributed by atoms with van der Waals surface area (Å²) in [7, 11) is 1.70. The van der Waals surface area contributed by atoms with Crippen LogP contribution in [0.15, 0.2) is 24.3 Å². The van der Waals surface area contributed by atoms with Gasteiger partial charge in [-0.2, -0.15) is 0 Å². The fourth-order valence-electron chi connectivity index (χ4n) is 2.74. The minimum atomic E-state index is 0.347. The molecule has 1 aliphatic carbocycles. The molecule has 2 aliphatic rings. The van der Waals surface area contributed by atoms with E-state index in [-0.39, 0.29) is 0 Å². The lowest BCUT2D eigenvalue weighted by Gasteiger charge is -2.35. The summed E-state index contributed by atoms with van der Waals surface area (Å²) in [4.78, 5) is 16.4. The van der Waals surface area contributed by atoms with Gasteiger partial charge in [0.2, 0.25) is 5.91 Å². The molecule has 0 spiro atoms. The standard InChI is InChI=1S/C16H22N2O2/c1-20-15-4-2-3-13(11-15)12-17-7-9-18(10-8-17)16(19)14-5-6-14/h2-4,11,14H,5-10,12H2,1H3. The Kier molecular flexibility index (Phi) is 3.92. The summed E-state index contributed by atoms with van der Waals surface area (Å²) < 4.78 is 5.25. The highest BCUT2D eigenvalue weighted by atomic mass is 16.5. The number of ether oxygens (including phenoxy) is 1. The smallest absolute Gasteiger partial charge is 0.225 e. The van der Waals surface area contributed by atoms with Crippen molar-refractivity contribution in [2.45, 2.75) is 19.4 Å². The first-order valence-corrected chi connectivity index (χ1v) is 7.40. The van der Waals surface area contributed by atoms with E-state index in [4.69, 9.17) is 4.74 Å². The van der Waals surface area contributed by atoms with Crippen LogP contribution >= 0.6 is 0 Å². The Morgan fingerprint density at radius 1 is 1.25 bits per heavy atom. The topological polar surface area (TPSA) is 32.8 Å². The summed E-state index contributed by atoms with van der Waals surface area (Å²) in [5, 5.41) is 0. The molecule has 1 aliphatic heterocycles. The maximum atomic E-state index is 12.0. The van der Waals surface area contributed by atoms with Crippen molar-refractivity contribution in [1.82, 2.24) is 9.80 Å². The number of amides is 1. The van der Waals surface area contributed by atoms with Crippen molar-refractivity contribution in [3.63, 3.8) is 0 Å². The van der Waals surface area contributed by atoms with Gasteiger partial charge in [-0.1, -0.05) is 12.1 Å². The molecule has 4 nitrogen and oxygen atoms in total. The van der Waals surface area contributed by atoms with Crippen molar-refractivity contribution in [2.75, 3.05) is 33.3 Å². The molecule has 2 fully saturated rings. The molecule has 1 aromatic carbocycles. The van der Waals surface area contributed by atoms with E-state index in [0.29, 0.717) is 11.8 Å². The maximum absolute atomic E-state index is 12.0. The molecule has 20 heavy (non-hydrogen) atoms. The van der Waals surface area contributed by atoms with Gasteiger partial charge < -0.3 is 9.64 Å². The zero-order chi connectivity index (χ0) is 13.9. The van der Waals surface area contributed by atoms with Gasteiger partial charge in [-0.3, -0.25) is 9.69 Å². The molecule has 4 heteroatoms. The second-order valence-electron chi connectivity index (χ2n) is 5.73. The molecule has 0 unspecified atom stereocenters. The van der Waals surface area contributed by atoms with Crippen LogP contribution in [-0.4, -0.2) is 49.0 Å². The van der Waals surface area contributed by atoms with E-state index < -0.39 is 0 Å². The van der Waals surface area contributed by atoms with E-state index >= 15 is 0 Å². The minimum Gasteiger partial charge on any atom is -0.497 e. The number of hydrogen-bond acceptors (Lipinski definition) is 3. The van der Waals surface area contributed by atoms with Gasteiger partial charge in [-0.05, 0) is 30.5 Å². The summed E-state index contributed by atoms with van der Waals surface area (Å²) in [5.41, 5.74) is 1.27. The first kappa shape index (κ1) is 13.4. The highest BCUT2D eigenvalue weighted by Gasteiger charge is 2.34. The summed E-state index contributed by atoms with van der Waals surface area (Å²) in [6.45, 7) is 4.62. The van der Waals surface area contributed by atoms with Crippen LogP contribution in [0.25, 0.3) is 0 Å². The fraction of sp³-hybridized carbons (Fsp3) is 0.562. The van der Waals surface area contributed by atoms with Gasteiger partial charge in [0.25, 0.3) is 0 Å². The fourth-order valence-corrected chi connectivity index (χ4v) is 2.74. The Morgan fingerprint density at radius 2 is 2.00 bits per heavy atom. The number of benzene rings is 1. The SMILES string of the molecule is COc1cccc(CN2CCN(C(=O)C3CC3)CC2)c1. The third kappa shape index (κ3) is 3.12. The second kappa shape index (κ2) is 5.83. The number of piperazine rings is 1. The maximum Gasteiger partial charge on any atom is 0.225 e. The van der Waals surface area contributed by atoms with Crippen molar-refractivity contribution in [3.05, 3.63) is 29.8 Å². The number of hydrogen-bond donors (Lipinski definition) is 0. The van der Waals surface area contributed by atoms with Crippen molar-refractivity contribution in [3.8, 4) is 5.75 Å². The minimum absolute atomic E-state index is 0.347. The lowest BCUT2D eigenvalue weighted by Crippen LogP contribution is -2.48. The Labute approximate surface area is 120 Å². The Hall–Kier alpha value is -1.55. The lowest BCUT2D eigenvalue weighted by atomic mass is 10.2. The van der Waals surface area contributed by atoms with E-state index in [2.05, 4.69) is 17.0 Å². The number of methoxy groups -OCH3 is 1. The first-order chi connectivity index (χ1) is 9.76. The highest BCUT2D eigenvalue weighted by Crippen LogP contribution is 2.31. The van der Waals surface area contributed by atoms with Crippen LogP contribution < -0.4 is 4.74 Å². The Bertz CT molecular complexity index is 477. The predicted octanol–water partition coefficient (Wildman–Crippen LogP) is 1.75. The van der Waals surface area contributed by atoms with Gasteiger partial charge in [0.15, 0.2) is 0 Å². The van der Waals surface area contributed by atoms with Crippen LogP contribution in [0.4, 0.5) is 0 Å². The van der Waals surface area contributed by atoms with Crippen molar-refractivity contribution >= 4 is 5.91 Å². The molecule has 0 atom stereocenters. The summed E-state index contributed by atoms with van der Waals surface area (Å²) in [6.07, 6.45) is 2.20. The predicted molar refractivity (Wildman–Crippen MR) is 77.6 cm³/mol. The van der Waals surface area contributed by atoms with Crippen molar-refractivity contribution < 1.29 is 9.53 Å². The Morgan fingerprint density at radius 3 is 2.65 bits per heavy atom. The van der Waals surface area contributed by atoms with Crippen LogP contribution in [0, 0.1) is 5.92 Å². The lowest BCUT2D eigenvalue weighted by molar-refractivity contribution is -0.134. The van der Waals surface area contributed by atoms with Crippen molar-refractivity contribution in [1.29, 1.82) is 0 Å². The molecule has 1 saturated heterocycles. The van der Waals surface area contributed by atoms with Gasteiger partial charge in [-0.15, -0.1) is 0 Å². The van der Waals surface area contributed by atoms with Crippen LogP contribution in [0.1, 0.15) is 18.4 Å². The number of carbonyl (C=O) groups excluding carboxylic acids is 1. The van der Waals surface area contributed by atoms with E-state index in [1.165, 1.54) is 5.56 Å². The molecule has 0 bridgehead atoms. The molecule has 1 aromatic rings. The summed E-state index contributed by atoms with van der Waals surface area (Å²) >= 11 is 0. The van der Waals surface area contributed by atoms with Gasteiger partial charge in [-0.25, -0.2) is 0 Å². The van der Waals surface area contributed by atoms with Crippen LogP contribution in [-0.2, 0) is 11.3 Å². The van der Waals surface area contributed by atoms with Crippen molar-refractivity contribution in [2.24, 2.45) is 5.92 Å². The molecule has 3 rings (SSSR count). The van der Waals surface area contributed by atoms with Crippen LogP contribution in [0.5, 0.6) is 5.75 Å². The Balaban J connectivity index is 1.51. The van der Waals surface area contributed by atoms with E-state index in [0.717, 1.165) is 51.3 Å². The van der Waals surface area contributed by atoms with Gasteiger partial charge in [0.1, 0.15) is 5.75 Å². The van der Waals surface area contributed by atoms with E-state index in [1.54, 1.807) is 7.11 Å². The normalized spacial score (nSPS) is 19.9. The van der Waals surface area contributed by atoms with Crippen LogP contribution in [0.3, 0.4) is 0 Å². The van der Waals surface area contributed by atoms with E-state index in [9.17, 15) is 4.79 Å². The number of nitrogens with zero attached hydrogens (tertiary/aromatic N) is 2. The highest BCUT2D eigenvalue weighted by molar-refractivity contribution is 5.81. The third-order valence-corrected chi connectivity index (χ3v) is 4.15. The largest absolute Gasteiger partial charge is 0.497 e. The number of carbonyl (C=O) groups is 1. The molecular formula is C16H22N2O2. The second-order valence-corrected chi connectivity index (χ2v) is 5.73. The molecule has 1 heterocycles. The molecular weight excluding hydrogens is 252 g/mol. The monoisotopic (exact) mass is 274 g/mol. The average molecular weight is 274 g/mol. The quantitative estimate of drug-likeness (QED) is 0.838. The zero-order valence-corrected chi connectivity index (χ0v) is 12.0. The molecule has 0 N–H and O–H groups in total. The van der Waals surface area contributed by atoms with Gasteiger partial charge >= 0.3 is 0 Å². The van der Waals surface area contributed by atoms with Gasteiger partial charge in [0, 0.05) is 38.6 Å². The summed E-state index contributed by atoms with van der Waals surface area (Å²) in [5.74, 6) is 1.64.